The summed E-state index contributed by atoms with van der Waals surface area (Å²) in [6.07, 6.45) is 7.50. The zero-order chi connectivity index (χ0) is 12.2. The summed E-state index contributed by atoms with van der Waals surface area (Å²) in [6.45, 7) is 3.94. The van der Waals surface area contributed by atoms with Gasteiger partial charge in [-0.05, 0) is 19.3 Å². The molecule has 3 nitrogen and oxygen atoms in total. The normalized spacial score (nSPS) is 10.4. The van der Waals surface area contributed by atoms with E-state index >= 15 is 0 Å². The van der Waals surface area contributed by atoms with Crippen molar-refractivity contribution in [2.24, 2.45) is 0 Å². The SMILES string of the molecule is CCCCCOCCCCCC(=O)N(C)C. The minimum atomic E-state index is 0.226. The number of rotatable bonds is 10. The van der Waals surface area contributed by atoms with Crippen LogP contribution in [0.4, 0.5) is 0 Å². The van der Waals surface area contributed by atoms with E-state index in [4.69, 9.17) is 4.74 Å². The Morgan fingerprint density at radius 1 is 1.00 bits per heavy atom. The van der Waals surface area contributed by atoms with Gasteiger partial charge < -0.3 is 9.64 Å². The largest absolute Gasteiger partial charge is 0.381 e. The first-order valence-corrected chi connectivity index (χ1v) is 6.46. The monoisotopic (exact) mass is 229 g/mol. The van der Waals surface area contributed by atoms with Crippen LogP contribution in [0.3, 0.4) is 0 Å². The molecule has 0 aromatic rings. The molecular weight excluding hydrogens is 202 g/mol. The van der Waals surface area contributed by atoms with Gasteiger partial charge in [0.15, 0.2) is 0 Å². The van der Waals surface area contributed by atoms with Crippen LogP contribution in [0.2, 0.25) is 0 Å². The Balaban J connectivity index is 3.07. The molecule has 16 heavy (non-hydrogen) atoms. The van der Waals surface area contributed by atoms with Gasteiger partial charge in [-0.15, -0.1) is 0 Å². The first kappa shape index (κ1) is 15.4. The second kappa shape index (κ2) is 10.9. The number of hydrogen-bond acceptors (Lipinski definition) is 2. The van der Waals surface area contributed by atoms with Crippen LogP contribution in [0.15, 0.2) is 0 Å². The lowest BCUT2D eigenvalue weighted by atomic mass is 10.2. The molecule has 0 aromatic heterocycles. The Morgan fingerprint density at radius 2 is 1.62 bits per heavy atom. The molecule has 3 heteroatoms. The molecular formula is C13H27NO2. The average Bonchev–Trinajstić information content (AvgIpc) is 2.26. The number of amides is 1. The van der Waals surface area contributed by atoms with Gasteiger partial charge in [0.2, 0.25) is 5.91 Å². The first-order valence-electron chi connectivity index (χ1n) is 6.46. The van der Waals surface area contributed by atoms with Crippen LogP contribution < -0.4 is 0 Å². The van der Waals surface area contributed by atoms with Crippen molar-refractivity contribution in [2.45, 2.75) is 51.9 Å². The number of carbonyl (C=O) groups excluding carboxylic acids is 1. The number of carbonyl (C=O) groups is 1. The molecule has 0 spiro atoms. The Labute approximate surface area is 100 Å². The van der Waals surface area contributed by atoms with Crippen LogP contribution >= 0.6 is 0 Å². The van der Waals surface area contributed by atoms with Crippen LogP contribution in [0.1, 0.15) is 51.9 Å². The second-order valence-corrected chi connectivity index (χ2v) is 4.42. The molecule has 0 atom stereocenters. The summed E-state index contributed by atoms with van der Waals surface area (Å²) < 4.78 is 5.49. The summed E-state index contributed by atoms with van der Waals surface area (Å²) in [5.74, 6) is 0.226. The lowest BCUT2D eigenvalue weighted by Crippen LogP contribution is -2.21. The van der Waals surface area contributed by atoms with Gasteiger partial charge in [-0.2, -0.15) is 0 Å². The molecule has 0 saturated heterocycles. The van der Waals surface area contributed by atoms with E-state index in [2.05, 4.69) is 6.92 Å². The van der Waals surface area contributed by atoms with Crippen LogP contribution in [-0.2, 0) is 9.53 Å². The topological polar surface area (TPSA) is 29.5 Å². The molecule has 0 radical (unpaired) electrons. The molecule has 0 heterocycles. The van der Waals surface area contributed by atoms with Crippen molar-refractivity contribution < 1.29 is 9.53 Å². The van der Waals surface area contributed by atoms with E-state index < -0.39 is 0 Å². The van der Waals surface area contributed by atoms with Crippen LogP contribution in [-0.4, -0.2) is 38.1 Å². The number of hydrogen-bond donors (Lipinski definition) is 0. The fourth-order valence-corrected chi connectivity index (χ4v) is 1.44. The molecule has 0 saturated carbocycles. The minimum absolute atomic E-state index is 0.226. The molecule has 0 aromatic carbocycles. The minimum Gasteiger partial charge on any atom is -0.381 e. The lowest BCUT2D eigenvalue weighted by molar-refractivity contribution is -0.128. The van der Waals surface area contributed by atoms with Gasteiger partial charge in [0, 0.05) is 33.7 Å². The van der Waals surface area contributed by atoms with E-state index in [0.29, 0.717) is 6.42 Å². The summed E-state index contributed by atoms with van der Waals surface area (Å²) in [6, 6.07) is 0. The molecule has 0 aliphatic carbocycles. The molecule has 0 N–H and O–H groups in total. The Hall–Kier alpha value is -0.570. The fourth-order valence-electron chi connectivity index (χ4n) is 1.44. The van der Waals surface area contributed by atoms with Crippen molar-refractivity contribution in [3.63, 3.8) is 0 Å². The van der Waals surface area contributed by atoms with Crippen LogP contribution in [0.5, 0.6) is 0 Å². The summed E-state index contributed by atoms with van der Waals surface area (Å²) >= 11 is 0. The van der Waals surface area contributed by atoms with Crippen molar-refractivity contribution in [1.29, 1.82) is 0 Å². The van der Waals surface area contributed by atoms with Gasteiger partial charge in [-0.1, -0.05) is 26.2 Å². The van der Waals surface area contributed by atoms with Gasteiger partial charge in [0.1, 0.15) is 0 Å². The number of ether oxygens (including phenoxy) is 1. The fraction of sp³-hybridized carbons (Fsp3) is 0.923. The predicted molar refractivity (Wildman–Crippen MR) is 67.5 cm³/mol. The third kappa shape index (κ3) is 9.97. The third-order valence-electron chi connectivity index (χ3n) is 2.57. The predicted octanol–water partition coefficient (Wildman–Crippen LogP) is 2.84. The zero-order valence-corrected chi connectivity index (χ0v) is 11.1. The Bertz CT molecular complexity index is 169. The van der Waals surface area contributed by atoms with Crippen LogP contribution in [0, 0.1) is 0 Å². The van der Waals surface area contributed by atoms with Crippen LogP contribution in [0.25, 0.3) is 0 Å². The lowest BCUT2D eigenvalue weighted by Gasteiger charge is -2.09. The first-order chi connectivity index (χ1) is 7.68. The van der Waals surface area contributed by atoms with Gasteiger partial charge in [0.05, 0.1) is 0 Å². The van der Waals surface area contributed by atoms with Crippen molar-refractivity contribution in [1.82, 2.24) is 4.90 Å². The Morgan fingerprint density at radius 3 is 2.19 bits per heavy atom. The van der Waals surface area contributed by atoms with Gasteiger partial charge >= 0.3 is 0 Å². The second-order valence-electron chi connectivity index (χ2n) is 4.42. The number of unbranched alkanes of at least 4 members (excludes halogenated alkanes) is 4. The molecule has 1 amide bonds. The highest BCUT2D eigenvalue weighted by molar-refractivity contribution is 5.75. The summed E-state index contributed by atoms with van der Waals surface area (Å²) in [4.78, 5) is 12.9. The van der Waals surface area contributed by atoms with Gasteiger partial charge in [-0.25, -0.2) is 0 Å². The summed E-state index contributed by atoms with van der Waals surface area (Å²) in [5.41, 5.74) is 0. The number of nitrogens with zero attached hydrogens (tertiary/aromatic N) is 1. The van der Waals surface area contributed by atoms with E-state index in [1.807, 2.05) is 0 Å². The van der Waals surface area contributed by atoms with Crippen molar-refractivity contribution in [3.05, 3.63) is 0 Å². The van der Waals surface area contributed by atoms with E-state index in [9.17, 15) is 4.79 Å². The molecule has 0 unspecified atom stereocenters. The summed E-state index contributed by atoms with van der Waals surface area (Å²) in [7, 11) is 3.61. The average molecular weight is 229 g/mol. The van der Waals surface area contributed by atoms with E-state index in [1.165, 1.54) is 19.3 Å². The Kier molecular flexibility index (Phi) is 10.5. The standard InChI is InChI=1S/C13H27NO2/c1-4-5-8-11-16-12-9-6-7-10-13(15)14(2)3/h4-12H2,1-3H3. The smallest absolute Gasteiger partial charge is 0.222 e. The van der Waals surface area contributed by atoms with Crippen molar-refractivity contribution in [3.8, 4) is 0 Å². The highest BCUT2D eigenvalue weighted by Gasteiger charge is 2.02. The molecule has 0 rings (SSSR count). The van der Waals surface area contributed by atoms with Crippen molar-refractivity contribution in [2.75, 3.05) is 27.3 Å². The molecule has 0 fully saturated rings. The molecule has 0 aliphatic rings. The molecule has 0 aliphatic heterocycles. The maximum atomic E-state index is 11.2. The molecule has 96 valence electrons. The quantitative estimate of drug-likeness (QED) is 0.539. The molecule has 0 bridgehead atoms. The highest BCUT2D eigenvalue weighted by atomic mass is 16.5. The van der Waals surface area contributed by atoms with E-state index in [0.717, 1.165) is 32.5 Å². The maximum Gasteiger partial charge on any atom is 0.222 e. The zero-order valence-electron chi connectivity index (χ0n) is 11.1. The van der Waals surface area contributed by atoms with Crippen molar-refractivity contribution >= 4 is 5.91 Å². The van der Waals surface area contributed by atoms with E-state index in [1.54, 1.807) is 19.0 Å². The maximum absolute atomic E-state index is 11.2. The van der Waals surface area contributed by atoms with Gasteiger partial charge in [0.25, 0.3) is 0 Å². The highest BCUT2D eigenvalue weighted by Crippen LogP contribution is 2.02. The van der Waals surface area contributed by atoms with Gasteiger partial charge in [-0.3, -0.25) is 4.79 Å². The third-order valence-corrected chi connectivity index (χ3v) is 2.57. The van der Waals surface area contributed by atoms with E-state index in [-0.39, 0.29) is 5.91 Å². The summed E-state index contributed by atoms with van der Waals surface area (Å²) in [5, 5.41) is 0.